The second-order valence-corrected chi connectivity index (χ2v) is 6.69. The molecule has 0 saturated heterocycles. The second kappa shape index (κ2) is 10.2. The summed E-state index contributed by atoms with van der Waals surface area (Å²) in [5.74, 6) is 0.542. The van der Waals surface area contributed by atoms with E-state index in [9.17, 15) is 0 Å². The predicted molar refractivity (Wildman–Crippen MR) is 119 cm³/mol. The lowest BCUT2D eigenvalue weighted by molar-refractivity contribution is 0.640. The Balaban J connectivity index is 0.000000292. The van der Waals surface area contributed by atoms with Crippen molar-refractivity contribution in [3.63, 3.8) is 0 Å². The van der Waals surface area contributed by atoms with Gasteiger partial charge in [0.15, 0.2) is 0 Å². The van der Waals surface area contributed by atoms with Crippen LogP contribution in [0.25, 0.3) is 0 Å². The van der Waals surface area contributed by atoms with Crippen LogP contribution in [0.2, 0.25) is 0 Å². The van der Waals surface area contributed by atoms with E-state index in [2.05, 4.69) is 48.8 Å². The lowest BCUT2D eigenvalue weighted by atomic mass is 9.78. The zero-order valence-corrected chi connectivity index (χ0v) is 17.0. The minimum Gasteiger partial charge on any atom is -0.388 e. The zero-order valence-electron chi connectivity index (χ0n) is 17.0. The summed E-state index contributed by atoms with van der Waals surface area (Å²) in [6, 6.07) is 24.3. The van der Waals surface area contributed by atoms with E-state index in [0.717, 1.165) is 23.1 Å². The van der Waals surface area contributed by atoms with Crippen LogP contribution in [0.5, 0.6) is 0 Å². The van der Waals surface area contributed by atoms with E-state index in [1.54, 1.807) is 6.20 Å². The molecule has 0 bridgehead atoms. The second-order valence-electron chi connectivity index (χ2n) is 6.69. The number of pyridine rings is 1. The van der Waals surface area contributed by atoms with Crippen molar-refractivity contribution in [3.8, 4) is 0 Å². The third kappa shape index (κ3) is 5.17. The molecule has 3 aromatic rings. The van der Waals surface area contributed by atoms with E-state index in [1.807, 2.05) is 62.5 Å². The Bertz CT molecular complexity index is 841. The molecule has 0 aliphatic carbocycles. The number of aromatic nitrogens is 1. The molecule has 3 rings (SSSR count). The van der Waals surface area contributed by atoms with Crippen molar-refractivity contribution < 1.29 is 0 Å². The summed E-state index contributed by atoms with van der Waals surface area (Å²) in [5.41, 5.74) is 9.66. The topological polar surface area (TPSA) is 51.3 Å². The number of aliphatic imine (C=N–C) groups is 1. The van der Waals surface area contributed by atoms with Gasteiger partial charge in [0.05, 0.1) is 5.84 Å². The summed E-state index contributed by atoms with van der Waals surface area (Å²) in [4.78, 5) is 8.70. The first-order valence-corrected chi connectivity index (χ1v) is 9.48. The Morgan fingerprint density at radius 2 is 1.46 bits per heavy atom. The van der Waals surface area contributed by atoms with E-state index in [0.29, 0.717) is 5.84 Å². The fraction of sp³-hybridized carbons (Fsp3) is 0.200. The van der Waals surface area contributed by atoms with Crippen molar-refractivity contribution in [3.05, 3.63) is 114 Å². The Hall–Kier alpha value is -3.20. The molecule has 1 aromatic heterocycles. The first kappa shape index (κ1) is 21.1. The minimum absolute atomic E-state index is 0.542. The molecular weight excluding hydrogens is 342 g/mol. The number of aryl methyl sites for hydroxylation is 1. The number of hydrogen-bond donors (Lipinski definition) is 1. The first-order chi connectivity index (χ1) is 13.5. The molecule has 0 radical (unpaired) electrons. The molecular formula is C25H29N3. The van der Waals surface area contributed by atoms with Crippen LogP contribution in [0.4, 0.5) is 0 Å². The number of amidine groups is 1. The van der Waals surface area contributed by atoms with Gasteiger partial charge in [-0.15, -0.1) is 0 Å². The van der Waals surface area contributed by atoms with Gasteiger partial charge in [0.1, 0.15) is 5.54 Å². The van der Waals surface area contributed by atoms with Crippen LogP contribution in [0.3, 0.4) is 0 Å². The van der Waals surface area contributed by atoms with Crippen LogP contribution in [0.15, 0.2) is 102 Å². The van der Waals surface area contributed by atoms with Gasteiger partial charge in [-0.05, 0) is 48.6 Å². The molecule has 2 N–H and O–H groups in total. The lowest BCUT2D eigenvalue weighted by Gasteiger charge is -2.32. The third-order valence-electron chi connectivity index (χ3n) is 4.48. The van der Waals surface area contributed by atoms with E-state index in [1.165, 1.54) is 5.56 Å². The minimum atomic E-state index is -0.624. The molecule has 1 heterocycles. The third-order valence-corrected chi connectivity index (χ3v) is 4.48. The molecule has 0 fully saturated rings. The normalized spacial score (nSPS) is 11.3. The van der Waals surface area contributed by atoms with Gasteiger partial charge in [-0.1, -0.05) is 80.2 Å². The number of nitrogens with two attached hydrogens (primary N) is 1. The average molecular weight is 372 g/mol. The predicted octanol–water partition coefficient (Wildman–Crippen LogP) is 5.53. The van der Waals surface area contributed by atoms with Gasteiger partial charge in [-0.2, -0.15) is 0 Å². The number of rotatable bonds is 5. The molecule has 0 saturated carbocycles. The zero-order chi connectivity index (χ0) is 20.4. The fourth-order valence-electron chi connectivity index (χ4n) is 3.11. The molecule has 0 aliphatic heterocycles. The van der Waals surface area contributed by atoms with Gasteiger partial charge in [-0.25, -0.2) is 0 Å². The van der Waals surface area contributed by atoms with E-state index >= 15 is 0 Å². The van der Waals surface area contributed by atoms with Gasteiger partial charge in [0, 0.05) is 12.4 Å². The molecule has 0 aliphatic rings. The van der Waals surface area contributed by atoms with Crippen molar-refractivity contribution in [2.75, 3.05) is 0 Å². The summed E-state index contributed by atoms with van der Waals surface area (Å²) in [6.45, 7) is 10.1. The highest BCUT2D eigenvalue weighted by molar-refractivity contribution is 5.79. The van der Waals surface area contributed by atoms with Crippen LogP contribution in [0.1, 0.15) is 37.5 Å². The Labute approximate surface area is 168 Å². The number of nitrogens with zero attached hydrogens (tertiary/aromatic N) is 2. The van der Waals surface area contributed by atoms with Crippen molar-refractivity contribution in [1.29, 1.82) is 0 Å². The van der Waals surface area contributed by atoms with E-state index in [-0.39, 0.29) is 0 Å². The Kier molecular flexibility index (Phi) is 7.70. The van der Waals surface area contributed by atoms with Crippen LogP contribution >= 0.6 is 0 Å². The average Bonchev–Trinajstić information content (AvgIpc) is 2.74. The van der Waals surface area contributed by atoms with Gasteiger partial charge in [0.25, 0.3) is 0 Å². The maximum Gasteiger partial charge on any atom is 0.133 e. The highest BCUT2D eigenvalue weighted by Crippen LogP contribution is 2.39. The van der Waals surface area contributed by atoms with E-state index in [4.69, 9.17) is 10.7 Å². The maximum absolute atomic E-state index is 5.90. The van der Waals surface area contributed by atoms with Crippen molar-refractivity contribution >= 4 is 5.84 Å². The van der Waals surface area contributed by atoms with Gasteiger partial charge in [0.2, 0.25) is 0 Å². The molecule has 28 heavy (non-hydrogen) atoms. The standard InChI is InChI=1S/C18H20N2.C7H9N/c1-14(2)18(20-15(3)19,16-10-6-4-7-11-16)17-12-8-5-9-13-17;1-2-7-4-3-5-8-6-7/h4-13H,1H2,2-3H3,(H2,19,20);3-6H,2H2,1H3. The van der Waals surface area contributed by atoms with Crippen LogP contribution in [-0.4, -0.2) is 10.8 Å². The largest absolute Gasteiger partial charge is 0.388 e. The molecule has 0 atom stereocenters. The number of hydrogen-bond acceptors (Lipinski definition) is 2. The van der Waals surface area contributed by atoms with Crippen molar-refractivity contribution in [1.82, 2.24) is 4.98 Å². The molecule has 0 amide bonds. The van der Waals surface area contributed by atoms with E-state index < -0.39 is 5.54 Å². The smallest absolute Gasteiger partial charge is 0.133 e. The number of benzene rings is 2. The fourth-order valence-corrected chi connectivity index (χ4v) is 3.11. The Morgan fingerprint density at radius 1 is 0.929 bits per heavy atom. The quantitative estimate of drug-likeness (QED) is 0.364. The molecule has 144 valence electrons. The summed E-state index contributed by atoms with van der Waals surface area (Å²) in [7, 11) is 0. The highest BCUT2D eigenvalue weighted by atomic mass is 14.9. The van der Waals surface area contributed by atoms with Gasteiger partial charge in [-0.3, -0.25) is 9.98 Å². The Morgan fingerprint density at radius 3 is 1.79 bits per heavy atom. The molecule has 3 nitrogen and oxygen atoms in total. The van der Waals surface area contributed by atoms with Crippen LogP contribution < -0.4 is 5.73 Å². The maximum atomic E-state index is 5.90. The summed E-state index contributed by atoms with van der Waals surface area (Å²) >= 11 is 0. The SMILES string of the molecule is C=C(C)C(N=C(C)N)(c1ccccc1)c1ccccc1.CCc1cccnc1. The molecule has 2 aromatic carbocycles. The first-order valence-electron chi connectivity index (χ1n) is 9.48. The monoisotopic (exact) mass is 371 g/mol. The summed E-state index contributed by atoms with van der Waals surface area (Å²) < 4.78 is 0. The lowest BCUT2D eigenvalue weighted by Crippen LogP contribution is -2.29. The van der Waals surface area contributed by atoms with Crippen LogP contribution in [0, 0.1) is 0 Å². The summed E-state index contributed by atoms with van der Waals surface area (Å²) in [6.07, 6.45) is 4.76. The molecule has 0 unspecified atom stereocenters. The van der Waals surface area contributed by atoms with Crippen molar-refractivity contribution in [2.24, 2.45) is 10.7 Å². The van der Waals surface area contributed by atoms with Crippen molar-refractivity contribution in [2.45, 2.75) is 32.7 Å². The van der Waals surface area contributed by atoms with Crippen LogP contribution in [-0.2, 0) is 12.0 Å². The molecule has 0 spiro atoms. The highest BCUT2D eigenvalue weighted by Gasteiger charge is 2.34. The molecule has 3 heteroatoms. The van der Waals surface area contributed by atoms with Gasteiger partial charge >= 0.3 is 0 Å². The van der Waals surface area contributed by atoms with Gasteiger partial charge < -0.3 is 5.73 Å². The summed E-state index contributed by atoms with van der Waals surface area (Å²) in [5, 5.41) is 0.